The van der Waals surface area contributed by atoms with Crippen LogP contribution < -0.4 is 4.74 Å². The van der Waals surface area contributed by atoms with E-state index in [1.54, 1.807) is 6.92 Å². The third-order valence-electron chi connectivity index (χ3n) is 1.81. The average Bonchev–Trinajstić information content (AvgIpc) is 2.20. The molecule has 0 fully saturated rings. The Kier molecular flexibility index (Phi) is 4.62. The molecule has 15 heavy (non-hydrogen) atoms. The highest BCUT2D eigenvalue weighted by Crippen LogP contribution is 2.22. The molecule has 0 spiro atoms. The summed E-state index contributed by atoms with van der Waals surface area (Å²) >= 11 is 3.39. The molecule has 0 saturated carbocycles. The number of esters is 1. The van der Waals surface area contributed by atoms with Crippen molar-refractivity contribution >= 4 is 21.9 Å². The third-order valence-corrected chi connectivity index (χ3v) is 2.66. The zero-order valence-electron chi connectivity index (χ0n) is 8.75. The van der Waals surface area contributed by atoms with E-state index in [0.717, 1.165) is 10.0 Å². The molecule has 4 heteroatoms. The van der Waals surface area contributed by atoms with Gasteiger partial charge in [0.25, 0.3) is 0 Å². The number of hydrogen-bond donors (Lipinski definition) is 0. The smallest absolute Gasteiger partial charge is 0.344 e. The van der Waals surface area contributed by atoms with E-state index >= 15 is 0 Å². The van der Waals surface area contributed by atoms with Gasteiger partial charge in [0.2, 0.25) is 0 Å². The largest absolute Gasteiger partial charge is 0.482 e. The molecule has 0 bridgehead atoms. The lowest BCUT2D eigenvalue weighted by Gasteiger charge is -2.06. The molecule has 0 aliphatic rings. The van der Waals surface area contributed by atoms with Crippen molar-refractivity contribution in [3.8, 4) is 5.75 Å². The Bertz CT molecular complexity index is 350. The van der Waals surface area contributed by atoms with Gasteiger partial charge in [0.05, 0.1) is 6.61 Å². The van der Waals surface area contributed by atoms with E-state index in [4.69, 9.17) is 9.47 Å². The van der Waals surface area contributed by atoms with Crippen LogP contribution in [0.1, 0.15) is 12.5 Å². The second-order valence-corrected chi connectivity index (χ2v) is 3.86. The van der Waals surface area contributed by atoms with E-state index in [2.05, 4.69) is 15.9 Å². The summed E-state index contributed by atoms with van der Waals surface area (Å²) < 4.78 is 11.0. The lowest BCUT2D eigenvalue weighted by atomic mass is 10.2. The van der Waals surface area contributed by atoms with Crippen molar-refractivity contribution in [2.24, 2.45) is 0 Å². The normalized spacial score (nSPS) is 9.80. The van der Waals surface area contributed by atoms with Gasteiger partial charge in [0.15, 0.2) is 6.61 Å². The molecular weight excluding hydrogens is 260 g/mol. The summed E-state index contributed by atoms with van der Waals surface area (Å²) in [6.07, 6.45) is 0. The molecular formula is C11H13BrO3. The minimum atomic E-state index is -0.353. The number of ether oxygens (including phenoxy) is 2. The van der Waals surface area contributed by atoms with Crippen molar-refractivity contribution in [3.63, 3.8) is 0 Å². The summed E-state index contributed by atoms with van der Waals surface area (Å²) in [7, 11) is 0. The molecule has 0 aliphatic heterocycles. The van der Waals surface area contributed by atoms with E-state index in [1.807, 2.05) is 25.1 Å². The fourth-order valence-corrected chi connectivity index (χ4v) is 1.37. The van der Waals surface area contributed by atoms with Crippen LogP contribution in [0.4, 0.5) is 0 Å². The zero-order valence-corrected chi connectivity index (χ0v) is 10.3. The average molecular weight is 273 g/mol. The van der Waals surface area contributed by atoms with Gasteiger partial charge in [-0.3, -0.25) is 0 Å². The fraction of sp³-hybridized carbons (Fsp3) is 0.364. The number of carbonyl (C=O) groups excluding carboxylic acids is 1. The first-order valence-corrected chi connectivity index (χ1v) is 5.47. The predicted octanol–water partition coefficient (Wildman–Crippen LogP) is 2.70. The van der Waals surface area contributed by atoms with Gasteiger partial charge in [-0.2, -0.15) is 0 Å². The van der Waals surface area contributed by atoms with Gasteiger partial charge in [-0.15, -0.1) is 0 Å². The third kappa shape index (κ3) is 3.91. The van der Waals surface area contributed by atoms with Crippen LogP contribution in [0, 0.1) is 6.92 Å². The van der Waals surface area contributed by atoms with Gasteiger partial charge >= 0.3 is 5.97 Å². The first-order chi connectivity index (χ1) is 7.13. The molecule has 0 atom stereocenters. The van der Waals surface area contributed by atoms with Crippen molar-refractivity contribution in [1.29, 1.82) is 0 Å². The molecule has 0 unspecified atom stereocenters. The number of aryl methyl sites for hydroxylation is 1. The fourth-order valence-electron chi connectivity index (χ4n) is 1.01. The SMILES string of the molecule is CCOC(=O)COc1ccc(C)c(Br)c1. The Morgan fingerprint density at radius 3 is 2.80 bits per heavy atom. The van der Waals surface area contributed by atoms with Crippen molar-refractivity contribution in [2.75, 3.05) is 13.2 Å². The summed E-state index contributed by atoms with van der Waals surface area (Å²) in [6, 6.07) is 5.57. The Hall–Kier alpha value is -1.03. The van der Waals surface area contributed by atoms with Crippen LogP contribution in [0.3, 0.4) is 0 Å². The molecule has 0 heterocycles. The van der Waals surface area contributed by atoms with Crippen molar-refractivity contribution in [2.45, 2.75) is 13.8 Å². The second-order valence-electron chi connectivity index (χ2n) is 3.00. The van der Waals surface area contributed by atoms with Gasteiger partial charge in [0.1, 0.15) is 5.75 Å². The summed E-state index contributed by atoms with van der Waals surface area (Å²) in [5.74, 6) is 0.301. The number of hydrogen-bond acceptors (Lipinski definition) is 3. The van der Waals surface area contributed by atoms with Crippen molar-refractivity contribution < 1.29 is 14.3 Å². The van der Waals surface area contributed by atoms with Gasteiger partial charge in [0, 0.05) is 4.47 Å². The van der Waals surface area contributed by atoms with Crippen LogP contribution >= 0.6 is 15.9 Å². The van der Waals surface area contributed by atoms with Crippen LogP contribution in [0.25, 0.3) is 0 Å². The Labute approximate surface area is 97.5 Å². The van der Waals surface area contributed by atoms with E-state index in [0.29, 0.717) is 12.4 Å². The summed E-state index contributed by atoms with van der Waals surface area (Å²) in [5, 5.41) is 0. The van der Waals surface area contributed by atoms with Gasteiger partial charge in [-0.05, 0) is 31.5 Å². The molecule has 82 valence electrons. The quantitative estimate of drug-likeness (QED) is 0.791. The van der Waals surface area contributed by atoms with Crippen LogP contribution in [-0.2, 0) is 9.53 Å². The molecule has 0 saturated heterocycles. The molecule has 0 aromatic heterocycles. The predicted molar refractivity (Wildman–Crippen MR) is 61.0 cm³/mol. The maximum absolute atomic E-state index is 11.0. The monoisotopic (exact) mass is 272 g/mol. The lowest BCUT2D eigenvalue weighted by molar-refractivity contribution is -0.145. The lowest BCUT2D eigenvalue weighted by Crippen LogP contribution is -2.14. The Balaban J connectivity index is 2.51. The highest BCUT2D eigenvalue weighted by atomic mass is 79.9. The van der Waals surface area contributed by atoms with Crippen LogP contribution in [0.5, 0.6) is 5.75 Å². The van der Waals surface area contributed by atoms with Crippen LogP contribution in [-0.4, -0.2) is 19.2 Å². The Morgan fingerprint density at radius 2 is 2.20 bits per heavy atom. The standard InChI is InChI=1S/C11H13BrO3/c1-3-14-11(13)7-15-9-5-4-8(2)10(12)6-9/h4-6H,3,7H2,1-2H3. The number of rotatable bonds is 4. The molecule has 1 rings (SSSR count). The van der Waals surface area contributed by atoms with E-state index in [9.17, 15) is 4.79 Å². The van der Waals surface area contributed by atoms with Crippen molar-refractivity contribution in [3.05, 3.63) is 28.2 Å². The second kappa shape index (κ2) is 5.75. The minimum Gasteiger partial charge on any atom is -0.482 e. The van der Waals surface area contributed by atoms with E-state index in [-0.39, 0.29) is 12.6 Å². The van der Waals surface area contributed by atoms with Gasteiger partial charge in [-0.25, -0.2) is 4.79 Å². The zero-order chi connectivity index (χ0) is 11.3. The van der Waals surface area contributed by atoms with Crippen molar-refractivity contribution in [1.82, 2.24) is 0 Å². The molecule has 1 aromatic carbocycles. The number of halogens is 1. The topological polar surface area (TPSA) is 35.5 Å². The molecule has 0 amide bonds. The molecule has 3 nitrogen and oxygen atoms in total. The van der Waals surface area contributed by atoms with Gasteiger partial charge < -0.3 is 9.47 Å². The van der Waals surface area contributed by atoms with Crippen LogP contribution in [0.15, 0.2) is 22.7 Å². The minimum absolute atomic E-state index is 0.0522. The highest BCUT2D eigenvalue weighted by Gasteiger charge is 2.03. The summed E-state index contributed by atoms with van der Waals surface area (Å²) in [6.45, 7) is 4.07. The van der Waals surface area contributed by atoms with E-state index < -0.39 is 0 Å². The number of benzene rings is 1. The highest BCUT2D eigenvalue weighted by molar-refractivity contribution is 9.10. The molecule has 0 N–H and O–H groups in total. The number of carbonyl (C=O) groups is 1. The maximum Gasteiger partial charge on any atom is 0.344 e. The van der Waals surface area contributed by atoms with E-state index in [1.165, 1.54) is 0 Å². The first-order valence-electron chi connectivity index (χ1n) is 4.68. The maximum atomic E-state index is 11.0. The molecule has 0 radical (unpaired) electrons. The van der Waals surface area contributed by atoms with Gasteiger partial charge in [-0.1, -0.05) is 22.0 Å². The first kappa shape index (κ1) is 12.0. The molecule has 1 aromatic rings. The summed E-state index contributed by atoms with van der Waals surface area (Å²) in [4.78, 5) is 11.0. The van der Waals surface area contributed by atoms with Crippen LogP contribution in [0.2, 0.25) is 0 Å². The Morgan fingerprint density at radius 1 is 1.47 bits per heavy atom. The summed E-state index contributed by atoms with van der Waals surface area (Å²) in [5.41, 5.74) is 1.12. The molecule has 0 aliphatic carbocycles.